The highest BCUT2D eigenvalue weighted by molar-refractivity contribution is 6.34. The predicted octanol–water partition coefficient (Wildman–Crippen LogP) is 1.37. The van der Waals surface area contributed by atoms with Gasteiger partial charge in [0.2, 0.25) is 5.91 Å². The zero-order valence-corrected chi connectivity index (χ0v) is 12.0. The Morgan fingerprint density at radius 3 is 2.67 bits per heavy atom. The normalized spacial score (nSPS) is 17.3. The summed E-state index contributed by atoms with van der Waals surface area (Å²) < 4.78 is 0. The summed E-state index contributed by atoms with van der Waals surface area (Å²) in [5, 5.41) is 0. The molecule has 0 spiro atoms. The van der Waals surface area contributed by atoms with Crippen LogP contribution in [0.3, 0.4) is 0 Å². The van der Waals surface area contributed by atoms with E-state index >= 15 is 0 Å². The molecule has 0 radical (unpaired) electrons. The van der Waals surface area contributed by atoms with Gasteiger partial charge in [-0.25, -0.2) is 0 Å². The van der Waals surface area contributed by atoms with Gasteiger partial charge in [-0.3, -0.25) is 19.3 Å². The minimum Gasteiger partial charge on any atom is -0.311 e. The number of fused-ring (bicyclic) bond motifs is 1. The van der Waals surface area contributed by atoms with E-state index in [0.717, 1.165) is 22.6 Å². The number of nitrogens with zero attached hydrogens (tertiary/aromatic N) is 2. The van der Waals surface area contributed by atoms with E-state index in [1.807, 2.05) is 19.1 Å². The quantitative estimate of drug-likeness (QED) is 0.771. The fraction of sp³-hybridized carbons (Fsp3) is 0.312. The van der Waals surface area contributed by atoms with Crippen LogP contribution >= 0.6 is 0 Å². The van der Waals surface area contributed by atoms with Gasteiger partial charge in [-0.05, 0) is 12.0 Å². The number of benzene rings is 1. The molecule has 0 saturated carbocycles. The molecule has 1 aromatic rings. The van der Waals surface area contributed by atoms with E-state index in [-0.39, 0.29) is 17.7 Å². The molecule has 1 aromatic carbocycles. The number of para-hydroxylation sites is 1. The third kappa shape index (κ3) is 1.96. The number of imide groups is 1. The zero-order chi connectivity index (χ0) is 15.1. The van der Waals surface area contributed by atoms with E-state index < -0.39 is 0 Å². The summed E-state index contributed by atoms with van der Waals surface area (Å²) in [4.78, 5) is 38.8. The van der Waals surface area contributed by atoms with Crippen LogP contribution in [0.15, 0.2) is 24.3 Å². The summed E-state index contributed by atoms with van der Waals surface area (Å²) in [6.45, 7) is 2.45. The molecule has 0 aromatic heterocycles. The Kier molecular flexibility index (Phi) is 3.12. The maximum atomic E-state index is 12.2. The molecule has 2 aliphatic heterocycles. The number of carbonyl (C=O) groups is 3. The van der Waals surface area contributed by atoms with Gasteiger partial charge in [0, 0.05) is 31.7 Å². The average Bonchev–Trinajstić information content (AvgIpc) is 3.03. The highest BCUT2D eigenvalue weighted by Gasteiger charge is 2.34. The van der Waals surface area contributed by atoms with Gasteiger partial charge >= 0.3 is 0 Å². The largest absolute Gasteiger partial charge is 0.311 e. The van der Waals surface area contributed by atoms with E-state index in [4.69, 9.17) is 0 Å². The highest BCUT2D eigenvalue weighted by Crippen LogP contribution is 2.37. The van der Waals surface area contributed by atoms with Gasteiger partial charge in [-0.15, -0.1) is 0 Å². The third-order valence-electron chi connectivity index (χ3n) is 4.02. The van der Waals surface area contributed by atoms with Crippen LogP contribution in [0.25, 0.3) is 5.57 Å². The summed E-state index contributed by atoms with van der Waals surface area (Å²) >= 11 is 0. The van der Waals surface area contributed by atoms with Crippen LogP contribution in [-0.4, -0.2) is 36.2 Å². The Bertz CT molecular complexity index is 691. The zero-order valence-electron chi connectivity index (χ0n) is 12.0. The average molecular weight is 284 g/mol. The third-order valence-corrected chi connectivity index (χ3v) is 4.02. The summed E-state index contributed by atoms with van der Waals surface area (Å²) in [6, 6.07) is 5.63. The summed E-state index contributed by atoms with van der Waals surface area (Å²) in [5.74, 6) is -0.602. The Balaban J connectivity index is 2.13. The molecule has 108 valence electrons. The van der Waals surface area contributed by atoms with Crippen LogP contribution in [0.2, 0.25) is 0 Å². The van der Waals surface area contributed by atoms with Crippen LogP contribution in [0.5, 0.6) is 0 Å². The molecule has 3 rings (SSSR count). The smallest absolute Gasteiger partial charge is 0.261 e. The van der Waals surface area contributed by atoms with Gasteiger partial charge in [0.1, 0.15) is 0 Å². The highest BCUT2D eigenvalue weighted by atomic mass is 16.2. The van der Waals surface area contributed by atoms with Crippen molar-refractivity contribution in [3.05, 3.63) is 35.4 Å². The molecule has 5 nitrogen and oxygen atoms in total. The number of hydrogen-bond acceptors (Lipinski definition) is 3. The van der Waals surface area contributed by atoms with E-state index in [0.29, 0.717) is 24.1 Å². The Morgan fingerprint density at radius 2 is 2.05 bits per heavy atom. The molecule has 2 aliphatic rings. The van der Waals surface area contributed by atoms with E-state index in [1.54, 1.807) is 11.0 Å². The molecule has 3 amide bonds. The number of hydrogen-bond donors (Lipinski definition) is 0. The first-order chi connectivity index (χ1) is 10.0. The first-order valence-electron chi connectivity index (χ1n) is 7.01. The van der Waals surface area contributed by atoms with Gasteiger partial charge in [-0.2, -0.15) is 0 Å². The van der Waals surface area contributed by atoms with Gasteiger partial charge in [0.05, 0.1) is 11.3 Å². The minimum absolute atomic E-state index is 0.0342. The lowest BCUT2D eigenvalue weighted by Crippen LogP contribution is -2.29. The van der Waals surface area contributed by atoms with Crippen LogP contribution in [0.1, 0.15) is 24.5 Å². The van der Waals surface area contributed by atoms with Crippen molar-refractivity contribution in [1.82, 2.24) is 4.90 Å². The van der Waals surface area contributed by atoms with Crippen LogP contribution in [0, 0.1) is 0 Å². The molecular weight excluding hydrogens is 268 g/mol. The SMILES string of the molecule is CCC(=O)N1CCc2cccc(C3=CC(=O)N(C)C3=O)c21. The lowest BCUT2D eigenvalue weighted by Gasteiger charge is -2.20. The maximum absolute atomic E-state index is 12.2. The molecule has 0 unspecified atom stereocenters. The second kappa shape index (κ2) is 4.84. The molecular formula is C16H16N2O3. The van der Waals surface area contributed by atoms with E-state index in [2.05, 4.69) is 0 Å². The van der Waals surface area contributed by atoms with Crippen molar-refractivity contribution in [1.29, 1.82) is 0 Å². The predicted molar refractivity (Wildman–Crippen MR) is 78.5 cm³/mol. The number of rotatable bonds is 2. The molecule has 0 aliphatic carbocycles. The van der Waals surface area contributed by atoms with Gasteiger partial charge in [-0.1, -0.05) is 25.1 Å². The van der Waals surface area contributed by atoms with Gasteiger partial charge in [0.25, 0.3) is 11.8 Å². The van der Waals surface area contributed by atoms with E-state index in [1.165, 1.54) is 13.1 Å². The molecule has 0 fully saturated rings. The van der Waals surface area contributed by atoms with Crippen molar-refractivity contribution in [2.24, 2.45) is 0 Å². The van der Waals surface area contributed by atoms with Crippen LogP contribution in [-0.2, 0) is 20.8 Å². The standard InChI is InChI=1S/C16H16N2O3/c1-3-13(19)18-8-7-10-5-4-6-11(15(10)18)12-9-14(20)17(2)16(12)21/h4-6,9H,3,7-8H2,1-2H3. The van der Waals surface area contributed by atoms with Crippen molar-refractivity contribution < 1.29 is 14.4 Å². The van der Waals surface area contributed by atoms with Crippen LogP contribution < -0.4 is 4.90 Å². The molecule has 2 heterocycles. The Labute approximate surface area is 122 Å². The molecule has 0 bridgehead atoms. The number of carbonyl (C=O) groups excluding carboxylic acids is 3. The fourth-order valence-corrected chi connectivity index (χ4v) is 2.87. The molecule has 5 heteroatoms. The van der Waals surface area contributed by atoms with Crippen molar-refractivity contribution in [3.8, 4) is 0 Å². The second-order valence-electron chi connectivity index (χ2n) is 5.22. The fourth-order valence-electron chi connectivity index (χ4n) is 2.87. The lowest BCUT2D eigenvalue weighted by atomic mass is 10.00. The van der Waals surface area contributed by atoms with Crippen molar-refractivity contribution in [2.75, 3.05) is 18.5 Å². The molecule has 0 N–H and O–H groups in total. The Morgan fingerprint density at radius 1 is 1.29 bits per heavy atom. The summed E-state index contributed by atoms with van der Waals surface area (Å²) in [7, 11) is 1.46. The van der Waals surface area contributed by atoms with Crippen molar-refractivity contribution >= 4 is 29.0 Å². The van der Waals surface area contributed by atoms with Gasteiger partial charge in [0.15, 0.2) is 0 Å². The Hall–Kier alpha value is -2.43. The number of amides is 3. The maximum Gasteiger partial charge on any atom is 0.261 e. The van der Waals surface area contributed by atoms with Crippen molar-refractivity contribution in [2.45, 2.75) is 19.8 Å². The first-order valence-corrected chi connectivity index (χ1v) is 7.01. The van der Waals surface area contributed by atoms with Crippen LogP contribution in [0.4, 0.5) is 5.69 Å². The number of anilines is 1. The lowest BCUT2D eigenvalue weighted by molar-refractivity contribution is -0.134. The van der Waals surface area contributed by atoms with E-state index in [9.17, 15) is 14.4 Å². The van der Waals surface area contributed by atoms with Crippen molar-refractivity contribution in [3.63, 3.8) is 0 Å². The molecule has 0 saturated heterocycles. The summed E-state index contributed by atoms with van der Waals surface area (Å²) in [5.41, 5.74) is 2.88. The topological polar surface area (TPSA) is 57.7 Å². The first kappa shape index (κ1) is 13.5. The minimum atomic E-state index is -0.320. The number of likely N-dealkylation sites (N-methyl/N-ethyl adjacent to an activating group) is 1. The second-order valence-corrected chi connectivity index (χ2v) is 5.22. The molecule has 0 atom stereocenters. The monoisotopic (exact) mass is 284 g/mol. The molecule has 21 heavy (non-hydrogen) atoms. The van der Waals surface area contributed by atoms with Gasteiger partial charge < -0.3 is 4.90 Å². The summed E-state index contributed by atoms with van der Waals surface area (Å²) in [6.07, 6.45) is 2.55.